The number of likely N-dealkylation sites (tertiary alicyclic amines) is 2. The van der Waals surface area contributed by atoms with Crippen molar-refractivity contribution in [2.75, 3.05) is 72.1 Å². The van der Waals surface area contributed by atoms with Crippen LogP contribution in [-0.2, 0) is 4.74 Å². The van der Waals surface area contributed by atoms with Gasteiger partial charge in [-0.3, -0.25) is 10.7 Å². The predicted octanol–water partition coefficient (Wildman–Crippen LogP) is 2.19. The summed E-state index contributed by atoms with van der Waals surface area (Å²) < 4.78 is 5.48. The number of morpholine rings is 1. The number of hydrogen-bond acceptors (Lipinski definition) is 6. The Balaban J connectivity index is 1.31. The van der Waals surface area contributed by atoms with E-state index in [1.807, 2.05) is 0 Å². The van der Waals surface area contributed by atoms with E-state index in [0.717, 1.165) is 52.0 Å². The molecule has 0 spiro atoms. The minimum atomic E-state index is 0.249. The van der Waals surface area contributed by atoms with E-state index in [2.05, 4.69) is 50.0 Å². The molecule has 6 nitrogen and oxygen atoms in total. The summed E-state index contributed by atoms with van der Waals surface area (Å²) in [5.41, 5.74) is 1.33. The molecule has 3 fully saturated rings. The van der Waals surface area contributed by atoms with E-state index in [9.17, 15) is 0 Å². The largest absolute Gasteiger partial charge is 0.379 e. The van der Waals surface area contributed by atoms with Crippen LogP contribution in [-0.4, -0.2) is 97.9 Å². The highest BCUT2D eigenvalue weighted by Gasteiger charge is 2.28. The first-order valence-corrected chi connectivity index (χ1v) is 12.1. The van der Waals surface area contributed by atoms with Gasteiger partial charge in [0.05, 0.1) is 19.3 Å². The molecule has 0 aromatic heterocycles. The highest BCUT2D eigenvalue weighted by Crippen LogP contribution is 2.24. The van der Waals surface area contributed by atoms with Crippen molar-refractivity contribution in [3.05, 3.63) is 35.9 Å². The standard InChI is InChI=1S/C24H41N5O/c25-29(16-15-26-17-19-30-20-18-26)24(22-7-3-1-4-8-22)21-27-13-9-23(10-14-27)28-11-5-2-6-12-28/h1,3-4,7-8,23-24H,2,5-6,9-21,25H2. The van der Waals surface area contributed by atoms with Gasteiger partial charge in [0, 0.05) is 38.8 Å². The van der Waals surface area contributed by atoms with Crippen molar-refractivity contribution in [3.63, 3.8) is 0 Å². The van der Waals surface area contributed by atoms with Crippen molar-refractivity contribution in [1.82, 2.24) is 19.7 Å². The van der Waals surface area contributed by atoms with Crippen LogP contribution in [0.25, 0.3) is 0 Å². The molecule has 1 aromatic carbocycles. The topological polar surface area (TPSA) is 48.2 Å². The van der Waals surface area contributed by atoms with Crippen LogP contribution in [0.15, 0.2) is 30.3 Å². The molecule has 3 heterocycles. The Morgan fingerprint density at radius 3 is 2.30 bits per heavy atom. The van der Waals surface area contributed by atoms with Crippen LogP contribution in [0.1, 0.15) is 43.7 Å². The van der Waals surface area contributed by atoms with Crippen molar-refractivity contribution in [2.45, 2.75) is 44.2 Å². The van der Waals surface area contributed by atoms with Crippen LogP contribution in [0.2, 0.25) is 0 Å². The van der Waals surface area contributed by atoms with Gasteiger partial charge in [-0.25, -0.2) is 5.01 Å². The van der Waals surface area contributed by atoms with Crippen LogP contribution in [0.5, 0.6) is 0 Å². The third kappa shape index (κ3) is 6.25. The van der Waals surface area contributed by atoms with E-state index in [-0.39, 0.29) is 6.04 Å². The summed E-state index contributed by atoms with van der Waals surface area (Å²) in [5, 5.41) is 2.08. The summed E-state index contributed by atoms with van der Waals surface area (Å²) in [7, 11) is 0. The number of hydrazine groups is 1. The van der Waals surface area contributed by atoms with Gasteiger partial charge in [-0.2, -0.15) is 0 Å². The van der Waals surface area contributed by atoms with Crippen molar-refractivity contribution >= 4 is 0 Å². The quantitative estimate of drug-likeness (QED) is 0.519. The Labute approximate surface area is 182 Å². The van der Waals surface area contributed by atoms with Crippen molar-refractivity contribution in [2.24, 2.45) is 5.84 Å². The second-order valence-electron chi connectivity index (χ2n) is 9.25. The molecule has 0 saturated carbocycles. The zero-order valence-electron chi connectivity index (χ0n) is 18.6. The van der Waals surface area contributed by atoms with E-state index < -0.39 is 0 Å². The Hall–Kier alpha value is -1.02. The molecule has 6 heteroatoms. The van der Waals surface area contributed by atoms with E-state index in [1.165, 1.54) is 63.8 Å². The summed E-state index contributed by atoms with van der Waals surface area (Å²) in [4.78, 5) is 7.87. The number of nitrogens with zero attached hydrogens (tertiary/aromatic N) is 4. The maximum atomic E-state index is 6.67. The van der Waals surface area contributed by atoms with Crippen LogP contribution in [0.3, 0.4) is 0 Å². The average molecular weight is 416 g/mol. The zero-order valence-corrected chi connectivity index (χ0v) is 18.6. The molecule has 3 aliphatic heterocycles. The van der Waals surface area contributed by atoms with E-state index >= 15 is 0 Å². The van der Waals surface area contributed by atoms with E-state index in [0.29, 0.717) is 0 Å². The molecule has 1 unspecified atom stereocenters. The fourth-order valence-electron chi connectivity index (χ4n) is 5.31. The number of ether oxygens (including phenoxy) is 1. The Kier molecular flexibility index (Phi) is 8.55. The fraction of sp³-hybridized carbons (Fsp3) is 0.750. The predicted molar refractivity (Wildman–Crippen MR) is 122 cm³/mol. The minimum Gasteiger partial charge on any atom is -0.379 e. The van der Waals surface area contributed by atoms with E-state index in [4.69, 9.17) is 10.6 Å². The lowest BCUT2D eigenvalue weighted by Crippen LogP contribution is -2.50. The highest BCUT2D eigenvalue weighted by molar-refractivity contribution is 5.19. The number of rotatable bonds is 8. The summed E-state index contributed by atoms with van der Waals surface area (Å²) >= 11 is 0. The van der Waals surface area contributed by atoms with Crippen LogP contribution in [0, 0.1) is 0 Å². The SMILES string of the molecule is NN(CCN1CCOCC1)C(CN1CCC(N2CCCCC2)CC1)c1ccccc1. The lowest BCUT2D eigenvalue weighted by Gasteiger charge is -2.42. The summed E-state index contributed by atoms with van der Waals surface area (Å²) in [6, 6.07) is 11.9. The third-order valence-electron chi connectivity index (χ3n) is 7.26. The second-order valence-corrected chi connectivity index (χ2v) is 9.25. The molecule has 2 N–H and O–H groups in total. The lowest BCUT2D eigenvalue weighted by atomic mass is 9.98. The maximum absolute atomic E-state index is 6.67. The minimum absolute atomic E-state index is 0.249. The third-order valence-corrected chi connectivity index (χ3v) is 7.26. The molecule has 1 atom stereocenters. The Morgan fingerprint density at radius 2 is 1.60 bits per heavy atom. The van der Waals surface area contributed by atoms with Gasteiger partial charge in [0.2, 0.25) is 0 Å². The van der Waals surface area contributed by atoms with Gasteiger partial charge in [0.25, 0.3) is 0 Å². The van der Waals surface area contributed by atoms with Gasteiger partial charge in [-0.15, -0.1) is 0 Å². The number of piperidine rings is 2. The number of hydrogen-bond donors (Lipinski definition) is 1. The lowest BCUT2D eigenvalue weighted by molar-refractivity contribution is 0.0270. The maximum Gasteiger partial charge on any atom is 0.0618 e. The smallest absolute Gasteiger partial charge is 0.0618 e. The monoisotopic (exact) mass is 415 g/mol. The first-order chi connectivity index (χ1) is 14.8. The molecule has 0 radical (unpaired) electrons. The molecule has 30 heavy (non-hydrogen) atoms. The zero-order chi connectivity index (χ0) is 20.6. The normalized spacial score (nSPS) is 24.3. The van der Waals surface area contributed by atoms with Crippen LogP contribution < -0.4 is 5.84 Å². The van der Waals surface area contributed by atoms with Gasteiger partial charge < -0.3 is 14.5 Å². The highest BCUT2D eigenvalue weighted by atomic mass is 16.5. The Morgan fingerprint density at radius 1 is 0.900 bits per heavy atom. The molecule has 0 aliphatic carbocycles. The molecule has 1 aromatic rings. The molecule has 0 amide bonds. The van der Waals surface area contributed by atoms with Crippen molar-refractivity contribution < 1.29 is 4.74 Å². The first kappa shape index (κ1) is 22.2. The molecule has 3 saturated heterocycles. The summed E-state index contributed by atoms with van der Waals surface area (Å²) in [5.74, 6) is 6.67. The van der Waals surface area contributed by atoms with Crippen molar-refractivity contribution in [1.29, 1.82) is 0 Å². The molecule has 168 valence electrons. The molecule has 3 aliphatic rings. The van der Waals surface area contributed by atoms with Gasteiger partial charge >= 0.3 is 0 Å². The average Bonchev–Trinajstić information content (AvgIpc) is 2.83. The Bertz CT molecular complexity index is 595. The van der Waals surface area contributed by atoms with Crippen molar-refractivity contribution in [3.8, 4) is 0 Å². The summed E-state index contributed by atoms with van der Waals surface area (Å²) in [6.45, 7) is 11.7. The van der Waals surface area contributed by atoms with Gasteiger partial charge in [0.15, 0.2) is 0 Å². The van der Waals surface area contributed by atoms with Gasteiger partial charge in [-0.05, 0) is 57.4 Å². The number of nitrogens with two attached hydrogens (primary N) is 1. The van der Waals surface area contributed by atoms with Gasteiger partial charge in [0.1, 0.15) is 0 Å². The van der Waals surface area contributed by atoms with Gasteiger partial charge in [-0.1, -0.05) is 36.8 Å². The molecular weight excluding hydrogens is 374 g/mol. The fourth-order valence-corrected chi connectivity index (χ4v) is 5.31. The van der Waals surface area contributed by atoms with E-state index in [1.54, 1.807) is 0 Å². The molecular formula is C24H41N5O. The first-order valence-electron chi connectivity index (χ1n) is 12.1. The molecule has 0 bridgehead atoms. The summed E-state index contributed by atoms with van der Waals surface area (Å²) in [6.07, 6.45) is 6.81. The molecule has 4 rings (SSSR count). The van der Waals surface area contributed by atoms with Crippen LogP contribution in [0.4, 0.5) is 0 Å². The van der Waals surface area contributed by atoms with Crippen LogP contribution >= 0.6 is 0 Å². The number of benzene rings is 1. The second kappa shape index (κ2) is 11.6.